The third kappa shape index (κ3) is 5.59. The molecule has 0 radical (unpaired) electrons. The highest BCUT2D eigenvalue weighted by Crippen LogP contribution is 2.14. The van der Waals surface area contributed by atoms with Crippen molar-refractivity contribution in [2.24, 2.45) is 0 Å². The van der Waals surface area contributed by atoms with Crippen LogP contribution in [0.1, 0.15) is 27.2 Å². The first-order valence-corrected chi connectivity index (χ1v) is 4.99. The van der Waals surface area contributed by atoms with Crippen molar-refractivity contribution in [3.05, 3.63) is 0 Å². The van der Waals surface area contributed by atoms with E-state index in [2.05, 4.69) is 0 Å². The summed E-state index contributed by atoms with van der Waals surface area (Å²) in [6.07, 6.45) is -0.0595. The molecule has 5 nitrogen and oxygen atoms in total. The number of aliphatic hydroxyl groups excluding tert-OH is 2. The Morgan fingerprint density at radius 2 is 1.93 bits per heavy atom. The summed E-state index contributed by atoms with van der Waals surface area (Å²) in [6, 6.07) is 0. The Hall–Kier alpha value is -0.810. The number of carbonyl (C=O) groups is 1. The van der Waals surface area contributed by atoms with Gasteiger partial charge in [0.15, 0.2) is 0 Å². The van der Waals surface area contributed by atoms with Gasteiger partial charge in [0.1, 0.15) is 5.60 Å². The zero-order valence-corrected chi connectivity index (χ0v) is 9.86. The van der Waals surface area contributed by atoms with Gasteiger partial charge in [0.25, 0.3) is 0 Å². The lowest BCUT2D eigenvalue weighted by Gasteiger charge is -2.24. The van der Waals surface area contributed by atoms with Gasteiger partial charge in [0.2, 0.25) is 0 Å². The molecule has 1 aliphatic heterocycles. The molecule has 0 aliphatic carbocycles. The lowest BCUT2D eigenvalue weighted by molar-refractivity contribution is 0.0270. The summed E-state index contributed by atoms with van der Waals surface area (Å²) in [6.45, 7) is 6.48. The van der Waals surface area contributed by atoms with Crippen molar-refractivity contribution < 1.29 is 19.7 Å². The minimum Gasteiger partial charge on any atom is -0.444 e. The van der Waals surface area contributed by atoms with Gasteiger partial charge in [-0.05, 0) is 27.2 Å². The van der Waals surface area contributed by atoms with Gasteiger partial charge in [0.05, 0.1) is 6.10 Å². The third-order valence-electron chi connectivity index (χ3n) is 1.82. The Balaban J connectivity index is 0.000000921. The summed E-state index contributed by atoms with van der Waals surface area (Å²) in [7, 11) is 1.00. The quantitative estimate of drug-likeness (QED) is 0.626. The smallest absolute Gasteiger partial charge is 0.410 e. The number of ether oxygens (including phenoxy) is 1. The van der Waals surface area contributed by atoms with Gasteiger partial charge in [-0.2, -0.15) is 0 Å². The fraction of sp³-hybridized carbons (Fsp3) is 0.900. The van der Waals surface area contributed by atoms with Gasteiger partial charge >= 0.3 is 6.09 Å². The first-order chi connectivity index (χ1) is 6.88. The van der Waals surface area contributed by atoms with E-state index in [0.29, 0.717) is 19.5 Å². The average Bonchev–Trinajstić information content (AvgIpc) is 2.52. The zero-order valence-electron chi connectivity index (χ0n) is 9.86. The Kier molecular flexibility index (Phi) is 5.60. The maximum atomic E-state index is 11.4. The van der Waals surface area contributed by atoms with Crippen LogP contribution in [0.3, 0.4) is 0 Å². The molecule has 90 valence electrons. The molecule has 2 N–H and O–H groups in total. The van der Waals surface area contributed by atoms with Gasteiger partial charge in [0, 0.05) is 20.2 Å². The SMILES string of the molecule is CC(C)(C)OC(=O)N1CCC(O)C1.CO. The molecule has 0 aromatic carbocycles. The molecule has 0 aromatic heterocycles. The molecule has 1 heterocycles. The van der Waals surface area contributed by atoms with Crippen LogP contribution in [0.5, 0.6) is 0 Å². The van der Waals surface area contributed by atoms with Crippen LogP contribution in [0.2, 0.25) is 0 Å². The standard InChI is InChI=1S/C9H17NO3.CH4O/c1-9(2,3)13-8(12)10-5-4-7(11)6-10;1-2/h7,11H,4-6H2,1-3H3;2H,1H3. The van der Waals surface area contributed by atoms with E-state index >= 15 is 0 Å². The van der Waals surface area contributed by atoms with Crippen molar-refractivity contribution in [1.29, 1.82) is 0 Å². The van der Waals surface area contributed by atoms with Gasteiger partial charge in [-0.15, -0.1) is 0 Å². The Labute approximate surface area is 90.6 Å². The Morgan fingerprint density at radius 3 is 2.27 bits per heavy atom. The summed E-state index contributed by atoms with van der Waals surface area (Å²) >= 11 is 0. The highest BCUT2D eigenvalue weighted by Gasteiger charge is 2.28. The molecule has 1 unspecified atom stereocenters. The Bertz CT molecular complexity index is 200. The topological polar surface area (TPSA) is 70.0 Å². The maximum absolute atomic E-state index is 11.4. The lowest BCUT2D eigenvalue weighted by Crippen LogP contribution is -2.35. The van der Waals surface area contributed by atoms with E-state index in [9.17, 15) is 9.90 Å². The van der Waals surface area contributed by atoms with E-state index in [1.807, 2.05) is 20.8 Å². The first kappa shape index (κ1) is 14.2. The predicted octanol–water partition coefficient (Wildman–Crippen LogP) is 0.597. The normalized spacial score (nSPS) is 20.7. The third-order valence-corrected chi connectivity index (χ3v) is 1.82. The second kappa shape index (κ2) is 5.92. The minimum absolute atomic E-state index is 0.330. The fourth-order valence-corrected chi connectivity index (χ4v) is 1.23. The highest BCUT2D eigenvalue weighted by atomic mass is 16.6. The number of amides is 1. The number of nitrogens with zero attached hydrogens (tertiary/aromatic N) is 1. The van der Waals surface area contributed by atoms with E-state index in [1.54, 1.807) is 0 Å². The van der Waals surface area contributed by atoms with E-state index < -0.39 is 5.60 Å². The van der Waals surface area contributed by atoms with Crippen molar-refractivity contribution in [2.45, 2.75) is 38.9 Å². The molecule has 0 spiro atoms. The molecule has 1 amide bonds. The van der Waals surface area contributed by atoms with Crippen LogP contribution in [0.25, 0.3) is 0 Å². The number of hydrogen-bond acceptors (Lipinski definition) is 4. The van der Waals surface area contributed by atoms with Gasteiger partial charge in [-0.3, -0.25) is 0 Å². The van der Waals surface area contributed by atoms with Gasteiger partial charge in [-0.1, -0.05) is 0 Å². The number of β-amino-alcohol motifs (C(OH)–C–C–N with tert-alkyl or cyclic N) is 1. The van der Waals surface area contributed by atoms with Gasteiger partial charge in [-0.25, -0.2) is 4.79 Å². The monoisotopic (exact) mass is 219 g/mol. The van der Waals surface area contributed by atoms with Crippen molar-refractivity contribution in [1.82, 2.24) is 4.90 Å². The molecule has 0 bridgehead atoms. The molecule has 1 saturated heterocycles. The largest absolute Gasteiger partial charge is 0.444 e. The van der Waals surface area contributed by atoms with E-state index in [4.69, 9.17) is 9.84 Å². The van der Waals surface area contributed by atoms with Crippen LogP contribution < -0.4 is 0 Å². The van der Waals surface area contributed by atoms with Gasteiger partial charge < -0.3 is 19.8 Å². The van der Waals surface area contributed by atoms with Crippen LogP contribution in [0, 0.1) is 0 Å². The summed E-state index contributed by atoms with van der Waals surface area (Å²) in [5.74, 6) is 0. The zero-order chi connectivity index (χ0) is 12.1. The molecule has 15 heavy (non-hydrogen) atoms. The molecule has 1 rings (SSSR count). The fourth-order valence-electron chi connectivity index (χ4n) is 1.23. The number of likely N-dealkylation sites (tertiary alicyclic amines) is 1. The molecule has 0 aromatic rings. The average molecular weight is 219 g/mol. The highest BCUT2D eigenvalue weighted by molar-refractivity contribution is 5.68. The predicted molar refractivity (Wildman–Crippen MR) is 56.6 cm³/mol. The van der Waals surface area contributed by atoms with Crippen molar-refractivity contribution in [3.8, 4) is 0 Å². The summed E-state index contributed by atoms with van der Waals surface area (Å²) in [5.41, 5.74) is -0.454. The molecule has 1 aliphatic rings. The van der Waals surface area contributed by atoms with Crippen LogP contribution >= 0.6 is 0 Å². The second-order valence-corrected chi connectivity index (χ2v) is 4.37. The van der Waals surface area contributed by atoms with Crippen molar-refractivity contribution in [2.75, 3.05) is 20.2 Å². The molecule has 1 atom stereocenters. The summed E-state index contributed by atoms with van der Waals surface area (Å²) in [4.78, 5) is 12.9. The Morgan fingerprint density at radius 1 is 1.40 bits per heavy atom. The van der Waals surface area contributed by atoms with Crippen LogP contribution in [0.4, 0.5) is 4.79 Å². The molecule has 1 fully saturated rings. The first-order valence-electron chi connectivity index (χ1n) is 4.99. The van der Waals surface area contributed by atoms with E-state index in [-0.39, 0.29) is 12.2 Å². The molecular formula is C10H21NO4. The number of hydrogen-bond donors (Lipinski definition) is 2. The van der Waals surface area contributed by atoms with Crippen LogP contribution in [0.15, 0.2) is 0 Å². The van der Waals surface area contributed by atoms with E-state index in [1.165, 1.54) is 4.90 Å². The van der Waals surface area contributed by atoms with Crippen LogP contribution in [-0.4, -0.2) is 53.1 Å². The summed E-state index contributed by atoms with van der Waals surface area (Å²) < 4.78 is 5.15. The van der Waals surface area contributed by atoms with Crippen molar-refractivity contribution >= 4 is 6.09 Å². The molecule has 0 saturated carbocycles. The van der Waals surface area contributed by atoms with Crippen LogP contribution in [-0.2, 0) is 4.74 Å². The molecular weight excluding hydrogens is 198 g/mol. The number of aliphatic hydroxyl groups is 2. The number of carbonyl (C=O) groups excluding carboxylic acids is 1. The second-order valence-electron chi connectivity index (χ2n) is 4.37. The lowest BCUT2D eigenvalue weighted by atomic mass is 10.2. The minimum atomic E-state index is -0.454. The van der Waals surface area contributed by atoms with Crippen molar-refractivity contribution in [3.63, 3.8) is 0 Å². The molecule has 5 heteroatoms. The number of rotatable bonds is 0. The maximum Gasteiger partial charge on any atom is 0.410 e. The summed E-state index contributed by atoms with van der Waals surface area (Å²) in [5, 5.41) is 16.2. The van der Waals surface area contributed by atoms with E-state index in [0.717, 1.165) is 7.11 Å².